The summed E-state index contributed by atoms with van der Waals surface area (Å²) in [6.07, 6.45) is 0. The fourth-order valence-corrected chi connectivity index (χ4v) is 1.98. The first-order valence-corrected chi connectivity index (χ1v) is 7.91. The molecule has 0 unspecified atom stereocenters. The average molecular weight is 478 g/mol. The summed E-state index contributed by atoms with van der Waals surface area (Å²) in [6, 6.07) is 4.81. The van der Waals surface area contributed by atoms with Crippen molar-refractivity contribution in [2.24, 2.45) is 4.99 Å². The van der Waals surface area contributed by atoms with Gasteiger partial charge < -0.3 is 19.9 Å². The molecule has 0 bridgehead atoms. The molecule has 0 fully saturated rings. The molecule has 0 aromatic heterocycles. The van der Waals surface area contributed by atoms with Crippen molar-refractivity contribution in [1.82, 2.24) is 15.1 Å². The number of halogens is 2. The molecule has 1 rings (SSSR count). The number of benzene rings is 1. The predicted octanol–water partition coefficient (Wildman–Crippen LogP) is 2.49. The topological polar surface area (TPSA) is 57.2 Å². The third kappa shape index (κ3) is 8.03. The zero-order chi connectivity index (χ0) is 19.0. The van der Waals surface area contributed by atoms with Crippen LogP contribution in [-0.2, 0) is 11.3 Å². The van der Waals surface area contributed by atoms with Crippen LogP contribution in [0.25, 0.3) is 0 Å². The van der Waals surface area contributed by atoms with Crippen LogP contribution in [0.5, 0.6) is 5.75 Å². The Morgan fingerprint density at radius 1 is 1.35 bits per heavy atom. The van der Waals surface area contributed by atoms with E-state index >= 15 is 0 Å². The summed E-state index contributed by atoms with van der Waals surface area (Å²) < 4.78 is 18.8. The number of carbonyl (C=O) groups is 1. The molecule has 1 N–H and O–H groups in total. The molecule has 1 amide bonds. The number of hydrogen-bond donors (Lipinski definition) is 1. The first-order valence-electron chi connectivity index (χ1n) is 7.91. The monoisotopic (exact) mass is 478 g/mol. The maximum atomic E-state index is 13.8. The first kappa shape index (κ1) is 24.2. The van der Waals surface area contributed by atoms with Crippen molar-refractivity contribution < 1.29 is 13.9 Å². The standard InChI is InChI=1S/C18H27FN4O2.HI/c1-13(2)10-20-18(21-11-17(24)22(3)4)23(5)12-14-7-8-16(25-6)15(19)9-14;/h7-9H,1,10-12H2,2-6H3,(H,20,21);1H. The highest BCUT2D eigenvalue weighted by atomic mass is 127. The van der Waals surface area contributed by atoms with E-state index in [1.165, 1.54) is 18.1 Å². The summed E-state index contributed by atoms with van der Waals surface area (Å²) in [5.41, 5.74) is 1.71. The molecule has 0 radical (unpaired) electrons. The molecule has 6 nitrogen and oxygen atoms in total. The summed E-state index contributed by atoms with van der Waals surface area (Å²) >= 11 is 0. The van der Waals surface area contributed by atoms with Crippen molar-refractivity contribution in [1.29, 1.82) is 0 Å². The van der Waals surface area contributed by atoms with Gasteiger partial charge in [0, 0.05) is 34.2 Å². The average Bonchev–Trinajstić information content (AvgIpc) is 2.54. The van der Waals surface area contributed by atoms with Gasteiger partial charge in [-0.1, -0.05) is 18.2 Å². The Balaban J connectivity index is 0.00000625. The summed E-state index contributed by atoms with van der Waals surface area (Å²) in [5, 5.41) is 3.16. The molecule has 0 spiro atoms. The zero-order valence-electron chi connectivity index (χ0n) is 16.0. The van der Waals surface area contributed by atoms with Crippen molar-refractivity contribution in [2.75, 3.05) is 41.3 Å². The van der Waals surface area contributed by atoms with Gasteiger partial charge in [-0.05, 0) is 24.6 Å². The fraction of sp³-hybridized carbons (Fsp3) is 0.444. The Bertz CT molecular complexity index is 650. The van der Waals surface area contributed by atoms with Gasteiger partial charge in [-0.3, -0.25) is 4.79 Å². The van der Waals surface area contributed by atoms with Gasteiger partial charge in [-0.2, -0.15) is 0 Å². The second kappa shape index (κ2) is 11.7. The highest BCUT2D eigenvalue weighted by Gasteiger charge is 2.11. The molecule has 8 heteroatoms. The lowest BCUT2D eigenvalue weighted by molar-refractivity contribution is -0.127. The van der Waals surface area contributed by atoms with Gasteiger partial charge >= 0.3 is 0 Å². The van der Waals surface area contributed by atoms with Crippen LogP contribution in [0, 0.1) is 5.82 Å². The molecule has 0 atom stereocenters. The SMILES string of the molecule is C=C(C)CNC(=NCC(=O)N(C)C)N(C)Cc1ccc(OC)c(F)c1.I. The van der Waals surface area contributed by atoms with E-state index in [0.717, 1.165) is 11.1 Å². The van der Waals surface area contributed by atoms with Gasteiger partial charge in [-0.25, -0.2) is 9.38 Å². The van der Waals surface area contributed by atoms with Crippen molar-refractivity contribution in [3.05, 3.63) is 41.7 Å². The van der Waals surface area contributed by atoms with Gasteiger partial charge in [0.15, 0.2) is 17.5 Å². The molecule has 26 heavy (non-hydrogen) atoms. The molecule has 0 aliphatic carbocycles. The lowest BCUT2D eigenvalue weighted by atomic mass is 10.2. The largest absolute Gasteiger partial charge is 0.494 e. The highest BCUT2D eigenvalue weighted by Crippen LogP contribution is 2.18. The number of likely N-dealkylation sites (N-methyl/N-ethyl adjacent to an activating group) is 1. The van der Waals surface area contributed by atoms with E-state index in [1.807, 2.05) is 18.9 Å². The van der Waals surface area contributed by atoms with E-state index in [9.17, 15) is 9.18 Å². The normalized spacial score (nSPS) is 10.6. The minimum atomic E-state index is -0.412. The highest BCUT2D eigenvalue weighted by molar-refractivity contribution is 14.0. The molecule has 0 heterocycles. The van der Waals surface area contributed by atoms with Crippen LogP contribution < -0.4 is 10.1 Å². The second-order valence-electron chi connectivity index (χ2n) is 6.06. The number of aliphatic imine (C=N–C) groups is 1. The fourth-order valence-electron chi connectivity index (χ4n) is 1.98. The van der Waals surface area contributed by atoms with Gasteiger partial charge in [0.1, 0.15) is 6.54 Å². The number of hydrogen-bond acceptors (Lipinski definition) is 3. The van der Waals surface area contributed by atoms with Gasteiger partial charge in [0.05, 0.1) is 7.11 Å². The molecule has 146 valence electrons. The van der Waals surface area contributed by atoms with Crippen LogP contribution >= 0.6 is 24.0 Å². The van der Waals surface area contributed by atoms with Crippen LogP contribution in [0.15, 0.2) is 35.3 Å². The minimum Gasteiger partial charge on any atom is -0.494 e. The third-order valence-electron chi connectivity index (χ3n) is 3.41. The van der Waals surface area contributed by atoms with Crippen molar-refractivity contribution in [3.8, 4) is 5.75 Å². The molecule has 0 saturated heterocycles. The number of ether oxygens (including phenoxy) is 1. The number of nitrogens with zero attached hydrogens (tertiary/aromatic N) is 3. The molecule has 1 aromatic carbocycles. The number of nitrogens with one attached hydrogen (secondary N) is 1. The van der Waals surface area contributed by atoms with Crippen molar-refractivity contribution in [3.63, 3.8) is 0 Å². The van der Waals surface area contributed by atoms with E-state index < -0.39 is 5.82 Å². The zero-order valence-corrected chi connectivity index (χ0v) is 18.3. The Labute approximate surface area is 172 Å². The molecular formula is C18H28FIN4O2. The second-order valence-corrected chi connectivity index (χ2v) is 6.06. The van der Waals surface area contributed by atoms with Gasteiger partial charge in [0.25, 0.3) is 0 Å². The quantitative estimate of drug-likeness (QED) is 0.283. The Kier molecular flexibility index (Phi) is 10.9. The number of methoxy groups -OCH3 is 1. The summed E-state index contributed by atoms with van der Waals surface area (Å²) in [6.45, 7) is 6.75. The van der Waals surface area contributed by atoms with E-state index in [1.54, 1.807) is 26.2 Å². The van der Waals surface area contributed by atoms with E-state index in [-0.39, 0.29) is 42.2 Å². The summed E-state index contributed by atoms with van der Waals surface area (Å²) in [4.78, 5) is 19.4. The van der Waals surface area contributed by atoms with E-state index in [4.69, 9.17) is 4.74 Å². The number of rotatable bonds is 7. The van der Waals surface area contributed by atoms with Crippen LogP contribution in [0.4, 0.5) is 4.39 Å². The Morgan fingerprint density at radius 3 is 2.50 bits per heavy atom. The molecule has 0 saturated carbocycles. The first-order chi connectivity index (χ1) is 11.7. The van der Waals surface area contributed by atoms with E-state index in [0.29, 0.717) is 19.0 Å². The molecule has 0 aliphatic heterocycles. The third-order valence-corrected chi connectivity index (χ3v) is 3.41. The maximum Gasteiger partial charge on any atom is 0.243 e. The van der Waals surface area contributed by atoms with Crippen LogP contribution in [0.1, 0.15) is 12.5 Å². The smallest absolute Gasteiger partial charge is 0.243 e. The molecule has 1 aromatic rings. The van der Waals surface area contributed by atoms with Crippen molar-refractivity contribution >= 4 is 35.8 Å². The molecule has 0 aliphatic rings. The maximum absolute atomic E-state index is 13.8. The lowest BCUT2D eigenvalue weighted by Crippen LogP contribution is -2.40. The number of carbonyl (C=O) groups excluding carboxylic acids is 1. The molecular weight excluding hydrogens is 450 g/mol. The number of amides is 1. The van der Waals surface area contributed by atoms with Crippen LogP contribution in [-0.4, -0.2) is 63.0 Å². The summed E-state index contributed by atoms with van der Waals surface area (Å²) in [7, 11) is 6.62. The van der Waals surface area contributed by atoms with Crippen molar-refractivity contribution in [2.45, 2.75) is 13.5 Å². The minimum absolute atomic E-state index is 0. The van der Waals surface area contributed by atoms with Gasteiger partial charge in [-0.15, -0.1) is 24.0 Å². The van der Waals surface area contributed by atoms with Gasteiger partial charge in [0.2, 0.25) is 5.91 Å². The van der Waals surface area contributed by atoms with E-state index in [2.05, 4.69) is 16.9 Å². The Morgan fingerprint density at radius 2 is 2.00 bits per heavy atom. The van der Waals surface area contributed by atoms with Crippen LogP contribution in [0.2, 0.25) is 0 Å². The Hall–Kier alpha value is -1.84. The summed E-state index contributed by atoms with van der Waals surface area (Å²) in [5.74, 6) is 0.245. The number of guanidine groups is 1. The van der Waals surface area contributed by atoms with Crippen LogP contribution in [0.3, 0.4) is 0 Å². The predicted molar refractivity (Wildman–Crippen MR) is 114 cm³/mol. The lowest BCUT2D eigenvalue weighted by Gasteiger charge is -2.23.